The Morgan fingerprint density at radius 2 is 1.09 bits per heavy atom. The molecule has 0 radical (unpaired) electrons. The average molecular weight is 1050 g/mol. The number of nitrogens with one attached hydrogen (secondary N) is 7. The number of carbonyl (C=O) groups is 12. The summed E-state index contributed by atoms with van der Waals surface area (Å²) in [6, 6.07) is 3.24. The van der Waals surface area contributed by atoms with E-state index in [1.807, 2.05) is 0 Å². The topological polar surface area (TPSA) is 437 Å². The Kier molecular flexibility index (Phi) is 27.1. The molecule has 0 bridgehead atoms. The van der Waals surface area contributed by atoms with E-state index >= 15 is 0 Å². The molecular weight excluding hydrogens is 985 g/mol. The van der Waals surface area contributed by atoms with E-state index in [0.717, 1.165) is 0 Å². The van der Waals surface area contributed by atoms with Crippen LogP contribution in [0.3, 0.4) is 0 Å². The Bertz CT molecular complexity index is 2380. The van der Waals surface area contributed by atoms with Gasteiger partial charge in [-0.1, -0.05) is 50.1 Å². The van der Waals surface area contributed by atoms with E-state index in [1.165, 1.54) is 0 Å². The van der Waals surface area contributed by atoms with E-state index in [2.05, 4.69) is 43.1 Å². The fraction of sp³-hybridized carbons (Fsp3) is 0.469. The smallest absolute Gasteiger partial charge is 0.305 e. The Morgan fingerprint density at radius 3 is 1.65 bits per heavy atom. The number of hydrogen-bond donors (Lipinski definition) is 13. The quantitative estimate of drug-likeness (QED) is 0.0255. The third-order valence-electron chi connectivity index (χ3n) is 10.9. The number of ether oxygens (including phenoxy) is 1. The largest absolute Gasteiger partial charge is 0.481 e. The molecule has 0 saturated carbocycles. The number of amides is 9. The summed E-state index contributed by atoms with van der Waals surface area (Å²) in [4.78, 5) is 154. The van der Waals surface area contributed by atoms with Gasteiger partial charge >= 0.3 is 17.9 Å². The number of terminal acetylenes is 1. The van der Waals surface area contributed by atoms with E-state index in [4.69, 9.17) is 33.5 Å². The van der Waals surface area contributed by atoms with Crippen molar-refractivity contribution < 1.29 is 77.6 Å². The number of primary amides is 2. The Hall–Kier alpha value is -8.60. The van der Waals surface area contributed by atoms with Gasteiger partial charge in [-0.2, -0.15) is 0 Å². The van der Waals surface area contributed by atoms with Crippen molar-refractivity contribution in [3.05, 3.63) is 65.7 Å². The molecule has 75 heavy (non-hydrogen) atoms. The molecule has 408 valence electrons. The maximum Gasteiger partial charge on any atom is 0.305 e. The second-order valence-corrected chi connectivity index (χ2v) is 17.6. The van der Waals surface area contributed by atoms with Gasteiger partial charge in [0.1, 0.15) is 48.6 Å². The summed E-state index contributed by atoms with van der Waals surface area (Å²) in [6.07, 6.45) is 1.39. The molecular formula is C49H66N10O16. The zero-order valence-electron chi connectivity index (χ0n) is 41.5. The number of nitrogens with two attached hydrogens (primary N) is 3. The summed E-state index contributed by atoms with van der Waals surface area (Å²) in [5, 5.41) is 44.7. The van der Waals surface area contributed by atoms with E-state index in [-0.39, 0.29) is 44.2 Å². The van der Waals surface area contributed by atoms with Crippen LogP contribution in [-0.2, 0) is 59.2 Å². The average Bonchev–Trinajstić information content (AvgIpc) is 3.34. The minimum Gasteiger partial charge on any atom is -0.481 e. The number of carboxylic acids is 3. The minimum absolute atomic E-state index is 0.0247. The summed E-state index contributed by atoms with van der Waals surface area (Å²) < 4.78 is 5.31. The van der Waals surface area contributed by atoms with Crippen LogP contribution in [0.25, 0.3) is 0 Å². The third kappa shape index (κ3) is 24.6. The molecule has 9 amide bonds. The second-order valence-electron chi connectivity index (χ2n) is 17.6. The van der Waals surface area contributed by atoms with Crippen molar-refractivity contribution in [1.29, 1.82) is 0 Å². The van der Waals surface area contributed by atoms with Crippen LogP contribution in [0, 0.1) is 18.3 Å². The van der Waals surface area contributed by atoms with Crippen molar-refractivity contribution in [3.63, 3.8) is 0 Å². The van der Waals surface area contributed by atoms with Crippen LogP contribution < -0.4 is 59.2 Å². The Morgan fingerprint density at radius 1 is 0.587 bits per heavy atom. The zero-order valence-corrected chi connectivity index (χ0v) is 41.5. The Balaban J connectivity index is 2.31. The summed E-state index contributed by atoms with van der Waals surface area (Å²) in [6.45, 7) is 3.79. The van der Waals surface area contributed by atoms with E-state index < -0.39 is 146 Å². The van der Waals surface area contributed by atoms with Gasteiger partial charge in [-0.25, -0.2) is 0 Å². The molecule has 0 unspecified atom stereocenters. The molecule has 0 aromatic heterocycles. The molecule has 0 aliphatic heterocycles. The predicted octanol–water partition coefficient (Wildman–Crippen LogP) is -2.31. The summed E-state index contributed by atoms with van der Waals surface area (Å²) in [5.41, 5.74) is 17.6. The van der Waals surface area contributed by atoms with Crippen molar-refractivity contribution in [1.82, 2.24) is 37.2 Å². The van der Waals surface area contributed by atoms with Gasteiger partial charge in [-0.3, -0.25) is 57.5 Å². The molecule has 2 aromatic carbocycles. The van der Waals surface area contributed by atoms with Crippen LogP contribution in [0.4, 0.5) is 0 Å². The summed E-state index contributed by atoms with van der Waals surface area (Å²) in [5.74, 6) is -10.8. The zero-order chi connectivity index (χ0) is 56.2. The maximum absolute atomic E-state index is 14.2. The lowest BCUT2D eigenvalue weighted by Gasteiger charge is -2.28. The van der Waals surface area contributed by atoms with Crippen LogP contribution >= 0.6 is 0 Å². The van der Waals surface area contributed by atoms with E-state index in [0.29, 0.717) is 29.7 Å². The lowest BCUT2D eigenvalue weighted by molar-refractivity contribution is -0.142. The molecule has 26 heteroatoms. The maximum atomic E-state index is 14.2. The highest BCUT2D eigenvalue weighted by molar-refractivity contribution is 5.99. The number of carbonyl (C=O) groups excluding carboxylic acids is 9. The van der Waals surface area contributed by atoms with Gasteiger partial charge in [0.05, 0.1) is 18.9 Å². The number of hydrogen-bond acceptors (Lipinski definition) is 14. The van der Waals surface area contributed by atoms with Crippen molar-refractivity contribution in [2.24, 2.45) is 23.1 Å². The fourth-order valence-electron chi connectivity index (χ4n) is 7.03. The molecule has 0 aliphatic rings. The molecule has 2 rings (SSSR count). The van der Waals surface area contributed by atoms with Crippen molar-refractivity contribution in [2.75, 3.05) is 13.2 Å². The minimum atomic E-state index is -1.97. The lowest BCUT2D eigenvalue weighted by atomic mass is 10.00. The van der Waals surface area contributed by atoms with Crippen molar-refractivity contribution in [3.8, 4) is 18.1 Å². The first-order valence-corrected chi connectivity index (χ1v) is 23.7. The lowest BCUT2D eigenvalue weighted by Crippen LogP contribution is -2.60. The van der Waals surface area contributed by atoms with Crippen LogP contribution in [-0.4, -0.2) is 142 Å². The number of aliphatic carboxylic acids is 3. The number of unbranched alkanes of at least 4 members (excludes halogenated alkanes) is 1. The first-order valence-electron chi connectivity index (χ1n) is 23.7. The molecule has 0 heterocycles. The first kappa shape index (κ1) is 62.5. The fourth-order valence-corrected chi connectivity index (χ4v) is 7.03. The highest BCUT2D eigenvalue weighted by Crippen LogP contribution is 2.14. The molecule has 0 saturated heterocycles. The van der Waals surface area contributed by atoms with Gasteiger partial charge in [0.15, 0.2) is 0 Å². The SMILES string of the molecule is C#CCOc1ccc(C(=O)NCCCC[C@H](NC(=O)[C@H](CC(C)C)NC(=O)[C@H](Cc2ccccc2)NC(=O)[C@H](CCC(=O)O)NC(=O)[C@H](CC(N)=O)NC(=O)[C@H](CC(=O)O)NC(=O)[C@@H](N)CCC(=O)O)C(N)=O)cc1. The normalized spacial score (nSPS) is 13.5. The standard InChI is InChI=1S/C49H66N10O16/c1-4-22-75-30-15-13-29(14-16-30)43(68)53-21-9-8-12-32(42(52)67)54-46(71)34(23-27(2)3)57-47(72)35(24-28-10-6-5-7-11-28)58-45(70)33(18-20-40(63)64)55-48(73)36(25-38(51)60)59-49(74)37(26-41(65)66)56-44(69)31(50)17-19-39(61)62/h1,5-7,10-11,13-16,27,31-37H,8-9,12,17-26,50H2,2-3H3,(H2,51,60)(H2,52,67)(H,53,68)(H,54,71)(H,55,73)(H,56,69)(H,57,72)(H,58,70)(H,59,74)(H,61,62)(H,63,64)(H,65,66)/t31-,32-,33-,34-,35-,36-,37-/m0/s1. The molecule has 0 spiro atoms. The summed E-state index contributed by atoms with van der Waals surface area (Å²) in [7, 11) is 0. The van der Waals surface area contributed by atoms with Gasteiger partial charge in [0.2, 0.25) is 47.3 Å². The monoisotopic (exact) mass is 1050 g/mol. The van der Waals surface area contributed by atoms with Crippen molar-refractivity contribution >= 4 is 71.1 Å². The van der Waals surface area contributed by atoms with E-state index in [9.17, 15) is 67.7 Å². The van der Waals surface area contributed by atoms with Crippen LogP contribution in [0.1, 0.15) is 94.0 Å². The van der Waals surface area contributed by atoms with Gasteiger partial charge < -0.3 is 74.5 Å². The molecule has 0 aliphatic carbocycles. The molecule has 0 fully saturated rings. The number of carboxylic acid groups (broad SMARTS) is 3. The highest BCUT2D eigenvalue weighted by Gasteiger charge is 2.35. The molecule has 7 atom stereocenters. The number of benzene rings is 2. The molecule has 26 nitrogen and oxygen atoms in total. The van der Waals surface area contributed by atoms with Crippen LogP contribution in [0.5, 0.6) is 5.75 Å². The second kappa shape index (κ2) is 32.5. The van der Waals surface area contributed by atoms with Gasteiger partial charge in [-0.15, -0.1) is 6.42 Å². The van der Waals surface area contributed by atoms with Crippen molar-refractivity contribution in [2.45, 2.75) is 127 Å². The summed E-state index contributed by atoms with van der Waals surface area (Å²) >= 11 is 0. The highest BCUT2D eigenvalue weighted by atomic mass is 16.5. The molecule has 16 N–H and O–H groups in total. The van der Waals surface area contributed by atoms with Crippen LogP contribution in [0.15, 0.2) is 54.6 Å². The molecule has 2 aromatic rings. The van der Waals surface area contributed by atoms with Crippen LogP contribution in [0.2, 0.25) is 0 Å². The van der Waals surface area contributed by atoms with Gasteiger partial charge in [0, 0.05) is 31.4 Å². The van der Waals surface area contributed by atoms with Gasteiger partial charge in [0.25, 0.3) is 5.91 Å². The number of rotatable bonds is 35. The van der Waals surface area contributed by atoms with E-state index in [1.54, 1.807) is 68.4 Å². The Labute approximate surface area is 431 Å². The third-order valence-corrected chi connectivity index (χ3v) is 10.9. The predicted molar refractivity (Wildman–Crippen MR) is 265 cm³/mol. The first-order chi connectivity index (χ1) is 35.4. The van der Waals surface area contributed by atoms with Gasteiger partial charge in [-0.05, 0) is 74.3 Å².